The Morgan fingerprint density at radius 2 is 2.00 bits per heavy atom. The minimum absolute atomic E-state index is 0.0506. The van der Waals surface area contributed by atoms with Crippen molar-refractivity contribution in [2.45, 2.75) is 37.8 Å². The van der Waals surface area contributed by atoms with Gasteiger partial charge in [-0.25, -0.2) is 0 Å². The molecule has 90 valence electrons. The Kier molecular flexibility index (Phi) is 3.14. The fraction of sp³-hybridized carbons (Fsp3) is 0.500. The van der Waals surface area contributed by atoms with E-state index in [1.807, 2.05) is 6.07 Å². The van der Waals surface area contributed by atoms with Gasteiger partial charge in [0.05, 0.1) is 0 Å². The van der Waals surface area contributed by atoms with Gasteiger partial charge in [-0.15, -0.1) is 0 Å². The molecule has 1 heterocycles. The third kappa shape index (κ3) is 2.36. The minimum atomic E-state index is 0.0506. The zero-order valence-corrected chi connectivity index (χ0v) is 11.3. The first-order valence-corrected chi connectivity index (χ1v) is 7.59. The molecule has 0 saturated heterocycles. The maximum atomic E-state index is 5.92. The van der Waals surface area contributed by atoms with Gasteiger partial charge in [0, 0.05) is 0 Å². The summed E-state index contributed by atoms with van der Waals surface area (Å²) < 4.78 is 8.89. The zero-order valence-electron chi connectivity index (χ0n) is 9.60. The molecule has 1 aromatic rings. The first kappa shape index (κ1) is 11.2. The summed E-state index contributed by atoms with van der Waals surface area (Å²) in [4.78, 5) is 0. The topological polar surface area (TPSA) is 62.8 Å². The van der Waals surface area contributed by atoms with E-state index in [1.54, 1.807) is 0 Å². The van der Waals surface area contributed by atoms with Gasteiger partial charge in [0.25, 0.3) is 0 Å². The Morgan fingerprint density at radius 1 is 1.18 bits per heavy atom. The van der Waals surface area contributed by atoms with E-state index < -0.39 is 0 Å². The van der Waals surface area contributed by atoms with Gasteiger partial charge in [-0.1, -0.05) is 0 Å². The van der Waals surface area contributed by atoms with Crippen LogP contribution in [0.25, 0.3) is 0 Å². The molecule has 17 heavy (non-hydrogen) atoms. The number of nitrogens with one attached hydrogen (secondary N) is 1. The summed E-state index contributed by atoms with van der Waals surface area (Å²) in [5.74, 6) is 0. The van der Waals surface area contributed by atoms with Gasteiger partial charge in [0.15, 0.2) is 0 Å². The third-order valence-corrected chi connectivity index (χ3v) is 4.56. The molecule has 0 aromatic heterocycles. The molecule has 1 saturated carbocycles. The van der Waals surface area contributed by atoms with Gasteiger partial charge in [-0.3, -0.25) is 0 Å². The molecule has 0 bridgehead atoms. The van der Waals surface area contributed by atoms with Crippen LogP contribution >= 0.6 is 0 Å². The van der Waals surface area contributed by atoms with Crippen LogP contribution in [0.1, 0.15) is 25.7 Å². The van der Waals surface area contributed by atoms with Crippen molar-refractivity contribution in [2.75, 3.05) is 5.32 Å². The SMILES string of the molecule is NC1CCC(Nc2cccc3c2N=[Se]=N3)CC1. The van der Waals surface area contributed by atoms with Crippen LogP contribution in [0.15, 0.2) is 26.1 Å². The molecule has 3 N–H and O–H groups in total. The van der Waals surface area contributed by atoms with Crippen molar-refractivity contribution in [1.82, 2.24) is 0 Å². The van der Waals surface area contributed by atoms with Crippen LogP contribution in [0, 0.1) is 0 Å². The molecule has 1 fully saturated rings. The summed E-state index contributed by atoms with van der Waals surface area (Å²) in [7, 11) is 0. The second-order valence-corrected chi connectivity index (χ2v) is 5.80. The quantitative estimate of drug-likeness (QED) is 0.837. The van der Waals surface area contributed by atoms with Gasteiger partial charge < -0.3 is 0 Å². The Morgan fingerprint density at radius 3 is 2.82 bits per heavy atom. The molecular formula is C12H16N4Se. The molecule has 0 spiro atoms. The average molecular weight is 295 g/mol. The van der Waals surface area contributed by atoms with E-state index in [4.69, 9.17) is 5.73 Å². The molecule has 0 radical (unpaired) electrons. The van der Waals surface area contributed by atoms with Crippen molar-refractivity contribution in [3.05, 3.63) is 18.2 Å². The van der Waals surface area contributed by atoms with E-state index in [1.165, 1.54) is 0 Å². The molecule has 1 aliphatic carbocycles. The number of nitrogens with zero attached hydrogens (tertiary/aromatic N) is 2. The molecule has 0 unspecified atom stereocenters. The van der Waals surface area contributed by atoms with Crippen LogP contribution in [-0.2, 0) is 0 Å². The number of hydrogen-bond acceptors (Lipinski definition) is 4. The van der Waals surface area contributed by atoms with Gasteiger partial charge in [-0.2, -0.15) is 0 Å². The number of hydrogen-bond donors (Lipinski definition) is 2. The molecule has 1 aliphatic heterocycles. The van der Waals surface area contributed by atoms with E-state index in [9.17, 15) is 0 Å². The van der Waals surface area contributed by atoms with Crippen molar-refractivity contribution < 1.29 is 0 Å². The summed E-state index contributed by atoms with van der Waals surface area (Å²) in [5, 5.41) is 3.60. The van der Waals surface area contributed by atoms with E-state index in [-0.39, 0.29) is 14.6 Å². The molecular weight excluding hydrogens is 279 g/mol. The number of benzene rings is 1. The van der Waals surface area contributed by atoms with Crippen molar-refractivity contribution in [3.63, 3.8) is 0 Å². The van der Waals surface area contributed by atoms with Crippen LogP contribution in [0.3, 0.4) is 0 Å². The average Bonchev–Trinajstić information content (AvgIpc) is 2.81. The van der Waals surface area contributed by atoms with Gasteiger partial charge >= 0.3 is 107 Å². The predicted molar refractivity (Wildman–Crippen MR) is 70.2 cm³/mol. The van der Waals surface area contributed by atoms with Gasteiger partial charge in [0.1, 0.15) is 0 Å². The predicted octanol–water partition coefficient (Wildman–Crippen LogP) is 2.72. The van der Waals surface area contributed by atoms with Gasteiger partial charge in [0.2, 0.25) is 0 Å². The molecule has 4 nitrogen and oxygen atoms in total. The van der Waals surface area contributed by atoms with Crippen molar-refractivity contribution in [1.29, 1.82) is 0 Å². The van der Waals surface area contributed by atoms with Crippen molar-refractivity contribution >= 4 is 31.6 Å². The van der Waals surface area contributed by atoms with E-state index in [0.717, 1.165) is 42.7 Å². The molecule has 5 heteroatoms. The van der Waals surface area contributed by atoms with Crippen LogP contribution in [0.2, 0.25) is 0 Å². The van der Waals surface area contributed by atoms with E-state index >= 15 is 0 Å². The number of anilines is 1. The van der Waals surface area contributed by atoms with Crippen LogP contribution in [0.5, 0.6) is 0 Å². The Balaban J connectivity index is 1.74. The van der Waals surface area contributed by atoms with Gasteiger partial charge in [-0.05, 0) is 0 Å². The molecule has 3 rings (SSSR count). The van der Waals surface area contributed by atoms with Crippen molar-refractivity contribution in [2.24, 2.45) is 13.7 Å². The molecule has 1 aromatic carbocycles. The number of nitrogens with two attached hydrogens (primary N) is 1. The summed E-state index contributed by atoms with van der Waals surface area (Å²) in [6.45, 7) is 0. The molecule has 2 aliphatic rings. The first-order valence-electron chi connectivity index (χ1n) is 6.06. The fourth-order valence-electron chi connectivity index (χ4n) is 2.41. The second-order valence-electron chi connectivity index (χ2n) is 4.69. The van der Waals surface area contributed by atoms with Crippen molar-refractivity contribution in [3.8, 4) is 0 Å². The zero-order chi connectivity index (χ0) is 11.7. The summed E-state index contributed by atoms with van der Waals surface area (Å²) >= 11 is 0.0506. The summed E-state index contributed by atoms with van der Waals surface area (Å²) in [6.07, 6.45) is 4.57. The summed E-state index contributed by atoms with van der Waals surface area (Å²) in [5.41, 5.74) is 9.17. The Labute approximate surface area is 107 Å². The Hall–Kier alpha value is -0.901. The van der Waals surface area contributed by atoms with Crippen LogP contribution in [0.4, 0.5) is 17.1 Å². The van der Waals surface area contributed by atoms with Crippen LogP contribution < -0.4 is 11.1 Å². The third-order valence-electron chi connectivity index (χ3n) is 3.42. The fourth-order valence-corrected chi connectivity index (χ4v) is 3.56. The maximum absolute atomic E-state index is 5.92. The number of rotatable bonds is 2. The molecule has 0 amide bonds. The van der Waals surface area contributed by atoms with E-state index in [0.29, 0.717) is 12.1 Å². The van der Waals surface area contributed by atoms with Crippen LogP contribution in [-0.4, -0.2) is 26.7 Å². The number of fused-ring (bicyclic) bond motifs is 1. The summed E-state index contributed by atoms with van der Waals surface area (Å²) in [6, 6.07) is 7.14. The van der Waals surface area contributed by atoms with E-state index in [2.05, 4.69) is 25.4 Å². The monoisotopic (exact) mass is 296 g/mol. The molecule has 0 atom stereocenters. The Bertz CT molecular complexity index is 485. The normalized spacial score (nSPS) is 26.4. The second kappa shape index (κ2) is 4.76. The standard InChI is InChI=1S/C12H16N4Se/c13-8-4-6-9(7-5-8)14-10-2-1-3-11-12(10)16-17-15-11/h1-3,8-9,14H,4-7,13H2. The first-order chi connectivity index (χ1) is 8.33.